The molecule has 0 saturated carbocycles. The van der Waals surface area contributed by atoms with Crippen LogP contribution in [-0.4, -0.2) is 32.3 Å². The summed E-state index contributed by atoms with van der Waals surface area (Å²) in [5.41, 5.74) is 0.794. The highest BCUT2D eigenvalue weighted by Gasteiger charge is 1.98. The number of hydrogen-bond donors (Lipinski definition) is 3. The molecule has 0 heterocycles. The summed E-state index contributed by atoms with van der Waals surface area (Å²) < 4.78 is 12.7. The monoisotopic (exact) mass is 256 g/mol. The molecule has 0 fully saturated rings. The minimum absolute atomic E-state index is 0.247. The zero-order chi connectivity index (χ0) is 12.7. The number of quaternary nitrogens is 1. The van der Waals surface area contributed by atoms with E-state index in [2.05, 4.69) is 24.7 Å². The van der Waals surface area contributed by atoms with Crippen molar-refractivity contribution in [3.63, 3.8) is 0 Å². The first-order valence-electron chi connectivity index (χ1n) is 5.67. The first-order valence-corrected chi connectivity index (χ1v) is 6.08. The number of anilines is 1. The Hall–Kier alpha value is -1.20. The minimum atomic E-state index is -0.247. The van der Waals surface area contributed by atoms with Gasteiger partial charge in [0.05, 0.1) is 20.6 Å². The van der Waals surface area contributed by atoms with Crippen LogP contribution in [0.15, 0.2) is 24.3 Å². The van der Waals surface area contributed by atoms with Crippen LogP contribution >= 0.6 is 12.2 Å². The quantitative estimate of drug-likeness (QED) is 0.533. The van der Waals surface area contributed by atoms with Gasteiger partial charge in [-0.05, 0) is 36.5 Å². The molecule has 0 amide bonds. The van der Waals surface area contributed by atoms with Gasteiger partial charge in [-0.15, -0.1) is 0 Å². The van der Waals surface area contributed by atoms with Crippen LogP contribution in [0.2, 0.25) is 0 Å². The Kier molecular flexibility index (Phi) is 5.86. The van der Waals surface area contributed by atoms with Crippen molar-refractivity contribution in [3.8, 4) is 0 Å². The fourth-order valence-electron chi connectivity index (χ4n) is 1.35. The maximum absolute atomic E-state index is 12.7. The lowest BCUT2D eigenvalue weighted by atomic mass is 10.3. The second-order valence-electron chi connectivity index (χ2n) is 4.20. The van der Waals surface area contributed by atoms with E-state index >= 15 is 0 Å². The van der Waals surface area contributed by atoms with Crippen LogP contribution in [0.3, 0.4) is 0 Å². The molecule has 0 unspecified atom stereocenters. The predicted molar refractivity (Wildman–Crippen MR) is 72.9 cm³/mol. The van der Waals surface area contributed by atoms with Gasteiger partial charge in [-0.3, -0.25) is 0 Å². The fraction of sp³-hybridized carbons (Fsp3) is 0.417. The zero-order valence-electron chi connectivity index (χ0n) is 10.2. The van der Waals surface area contributed by atoms with Crippen molar-refractivity contribution in [1.82, 2.24) is 5.32 Å². The van der Waals surface area contributed by atoms with Gasteiger partial charge in [-0.1, -0.05) is 0 Å². The van der Waals surface area contributed by atoms with Gasteiger partial charge in [0.15, 0.2) is 5.11 Å². The van der Waals surface area contributed by atoms with Crippen molar-refractivity contribution < 1.29 is 9.29 Å². The number of nitrogens with one attached hydrogen (secondary N) is 3. The van der Waals surface area contributed by atoms with Crippen molar-refractivity contribution in [2.45, 2.75) is 6.42 Å². The van der Waals surface area contributed by atoms with Crippen LogP contribution in [0.4, 0.5) is 10.1 Å². The van der Waals surface area contributed by atoms with Gasteiger partial charge in [0.25, 0.3) is 0 Å². The molecular weight excluding hydrogens is 237 g/mol. The van der Waals surface area contributed by atoms with E-state index in [9.17, 15) is 4.39 Å². The van der Waals surface area contributed by atoms with E-state index in [0.29, 0.717) is 5.11 Å². The van der Waals surface area contributed by atoms with E-state index in [1.54, 1.807) is 12.1 Å². The molecule has 3 N–H and O–H groups in total. The Morgan fingerprint density at radius 3 is 2.53 bits per heavy atom. The molecule has 0 aliphatic heterocycles. The maximum atomic E-state index is 12.7. The number of rotatable bonds is 5. The number of thiocarbonyl (C=S) groups is 1. The molecule has 0 atom stereocenters. The van der Waals surface area contributed by atoms with Crippen LogP contribution in [0.1, 0.15) is 6.42 Å². The molecule has 0 radical (unpaired) electrons. The third-order valence-electron chi connectivity index (χ3n) is 2.24. The molecule has 1 rings (SSSR count). The lowest BCUT2D eigenvalue weighted by Crippen LogP contribution is -3.05. The smallest absolute Gasteiger partial charge is 0.170 e. The molecule has 0 spiro atoms. The van der Waals surface area contributed by atoms with Crippen molar-refractivity contribution in [2.24, 2.45) is 0 Å². The van der Waals surface area contributed by atoms with Crippen LogP contribution in [0.25, 0.3) is 0 Å². The predicted octanol–water partition coefficient (Wildman–Crippen LogP) is 0.647. The number of benzene rings is 1. The normalized spacial score (nSPS) is 10.4. The van der Waals surface area contributed by atoms with Crippen molar-refractivity contribution in [2.75, 3.05) is 32.5 Å². The Labute approximate surface area is 107 Å². The van der Waals surface area contributed by atoms with Gasteiger partial charge in [0.1, 0.15) is 5.82 Å². The topological polar surface area (TPSA) is 28.5 Å². The van der Waals surface area contributed by atoms with Crippen LogP contribution in [0, 0.1) is 5.82 Å². The van der Waals surface area contributed by atoms with E-state index < -0.39 is 0 Å². The summed E-state index contributed by atoms with van der Waals surface area (Å²) in [5, 5.41) is 6.69. The molecule has 0 aliphatic carbocycles. The molecule has 94 valence electrons. The summed E-state index contributed by atoms with van der Waals surface area (Å²) in [5.74, 6) is -0.247. The van der Waals surface area contributed by atoms with Gasteiger partial charge in [-0.25, -0.2) is 4.39 Å². The highest BCUT2D eigenvalue weighted by molar-refractivity contribution is 7.80. The highest BCUT2D eigenvalue weighted by Crippen LogP contribution is 2.07. The lowest BCUT2D eigenvalue weighted by molar-refractivity contribution is -0.858. The molecule has 1 aromatic carbocycles. The first-order chi connectivity index (χ1) is 8.08. The summed E-state index contributed by atoms with van der Waals surface area (Å²) in [6, 6.07) is 6.13. The third kappa shape index (κ3) is 6.19. The molecule has 3 nitrogen and oxygen atoms in total. The Bertz CT molecular complexity index is 351. The fourth-order valence-corrected chi connectivity index (χ4v) is 1.57. The van der Waals surface area contributed by atoms with E-state index in [0.717, 1.165) is 25.2 Å². The minimum Gasteiger partial charge on any atom is -0.362 e. The second-order valence-corrected chi connectivity index (χ2v) is 4.61. The van der Waals surface area contributed by atoms with Gasteiger partial charge in [0.2, 0.25) is 0 Å². The standard InChI is InChI=1S/C12H18FN3S/c1-16(2)9-3-8-14-12(17)15-11-6-4-10(13)5-7-11/h4-7H,3,8-9H2,1-2H3,(H2,14,15,17)/p+1. The van der Waals surface area contributed by atoms with Crippen LogP contribution in [0.5, 0.6) is 0 Å². The summed E-state index contributed by atoms with van der Waals surface area (Å²) in [6.45, 7) is 1.95. The molecule has 0 saturated heterocycles. The third-order valence-corrected chi connectivity index (χ3v) is 2.49. The van der Waals surface area contributed by atoms with Crippen LogP contribution in [-0.2, 0) is 0 Å². The van der Waals surface area contributed by atoms with E-state index in [-0.39, 0.29) is 5.82 Å². The van der Waals surface area contributed by atoms with E-state index in [1.807, 2.05) is 0 Å². The van der Waals surface area contributed by atoms with Gasteiger partial charge < -0.3 is 15.5 Å². The Morgan fingerprint density at radius 2 is 1.94 bits per heavy atom. The summed E-state index contributed by atoms with van der Waals surface area (Å²) in [6.07, 6.45) is 1.06. The molecule has 17 heavy (non-hydrogen) atoms. The molecule has 0 aromatic heterocycles. The summed E-state index contributed by atoms with van der Waals surface area (Å²) in [4.78, 5) is 1.42. The second kappa shape index (κ2) is 7.19. The van der Waals surface area contributed by atoms with Crippen LogP contribution < -0.4 is 15.5 Å². The summed E-state index contributed by atoms with van der Waals surface area (Å²) in [7, 11) is 4.24. The van der Waals surface area contributed by atoms with E-state index in [1.165, 1.54) is 17.0 Å². The Balaban J connectivity index is 2.23. The summed E-state index contributed by atoms with van der Waals surface area (Å²) >= 11 is 5.13. The Morgan fingerprint density at radius 1 is 1.29 bits per heavy atom. The van der Waals surface area contributed by atoms with Crippen molar-refractivity contribution >= 4 is 23.0 Å². The van der Waals surface area contributed by atoms with E-state index in [4.69, 9.17) is 12.2 Å². The largest absolute Gasteiger partial charge is 0.362 e. The van der Waals surface area contributed by atoms with Crippen molar-refractivity contribution in [3.05, 3.63) is 30.1 Å². The number of hydrogen-bond acceptors (Lipinski definition) is 1. The first kappa shape index (κ1) is 13.9. The van der Waals surface area contributed by atoms with Crippen molar-refractivity contribution in [1.29, 1.82) is 0 Å². The molecule has 1 aromatic rings. The average Bonchev–Trinajstić information content (AvgIpc) is 2.27. The molecule has 5 heteroatoms. The maximum Gasteiger partial charge on any atom is 0.170 e. The highest BCUT2D eigenvalue weighted by atomic mass is 32.1. The van der Waals surface area contributed by atoms with Gasteiger partial charge in [-0.2, -0.15) is 0 Å². The lowest BCUT2D eigenvalue weighted by Gasteiger charge is -2.11. The van der Waals surface area contributed by atoms with Gasteiger partial charge >= 0.3 is 0 Å². The molecule has 0 bridgehead atoms. The molecule has 0 aliphatic rings. The molecular formula is C12H19FN3S+. The van der Waals surface area contributed by atoms with Gasteiger partial charge in [0, 0.05) is 18.7 Å². The number of halogens is 1. The SMILES string of the molecule is C[NH+](C)CCCNC(=S)Nc1ccc(F)cc1. The zero-order valence-corrected chi connectivity index (χ0v) is 11.0. The average molecular weight is 256 g/mol.